The van der Waals surface area contributed by atoms with Gasteiger partial charge in [-0.1, -0.05) is 75.9 Å². The minimum atomic E-state index is 0.119. The van der Waals surface area contributed by atoms with E-state index in [9.17, 15) is 4.79 Å². The van der Waals surface area contributed by atoms with Crippen molar-refractivity contribution in [2.75, 3.05) is 38.0 Å². The second kappa shape index (κ2) is 17.0. The summed E-state index contributed by atoms with van der Waals surface area (Å²) in [5, 5.41) is 3.59. The zero-order valence-electron chi connectivity index (χ0n) is 27.3. The summed E-state index contributed by atoms with van der Waals surface area (Å²) in [5.41, 5.74) is 4.70. The number of ether oxygens (including phenoxy) is 1. The van der Waals surface area contributed by atoms with E-state index in [2.05, 4.69) is 46.8 Å². The van der Waals surface area contributed by atoms with Gasteiger partial charge in [-0.2, -0.15) is 0 Å². The van der Waals surface area contributed by atoms with Crippen molar-refractivity contribution in [1.82, 2.24) is 19.4 Å². The normalized spacial score (nSPS) is 13.9. The SMILES string of the molecule is CCCCN(CCCC)C(=O)c1ccc2nc(Nc3cccc(OCc4ccccc4)c3)n(CCCN3CCCCCC3)c2c1. The molecule has 0 atom stereocenters. The third kappa shape index (κ3) is 9.33. The lowest BCUT2D eigenvalue weighted by molar-refractivity contribution is 0.0751. The topological polar surface area (TPSA) is 62.6 Å². The van der Waals surface area contributed by atoms with Crippen LogP contribution >= 0.6 is 0 Å². The molecule has 1 saturated heterocycles. The van der Waals surface area contributed by atoms with Gasteiger partial charge in [0.25, 0.3) is 5.91 Å². The average molecular weight is 610 g/mol. The average Bonchev–Trinajstić information content (AvgIpc) is 3.21. The number of anilines is 2. The highest BCUT2D eigenvalue weighted by atomic mass is 16.5. The van der Waals surface area contributed by atoms with Gasteiger partial charge in [-0.15, -0.1) is 0 Å². The van der Waals surface area contributed by atoms with Crippen molar-refractivity contribution in [3.05, 3.63) is 83.9 Å². The molecule has 1 fully saturated rings. The standard InChI is InChI=1S/C38H51N5O2/c1-3-5-25-42(26-6-4-2)37(44)32-20-21-35-36(28-32)43(27-15-24-41-22-12-7-8-13-23-41)38(40-35)39-33-18-14-19-34(29-33)45-30-31-16-10-9-11-17-31/h9-11,14,16-21,28-29H,3-8,12-13,15,22-27,30H2,1-2H3,(H,39,40). The minimum absolute atomic E-state index is 0.119. The summed E-state index contributed by atoms with van der Waals surface area (Å²) in [6.45, 7) is 10.8. The first kappa shape index (κ1) is 32.6. The van der Waals surface area contributed by atoms with Crippen LogP contribution < -0.4 is 10.1 Å². The maximum Gasteiger partial charge on any atom is 0.253 e. The van der Waals surface area contributed by atoms with Gasteiger partial charge in [0, 0.05) is 37.0 Å². The van der Waals surface area contributed by atoms with E-state index >= 15 is 0 Å². The molecular weight excluding hydrogens is 558 g/mol. The molecule has 1 N–H and O–H groups in total. The number of aromatic nitrogens is 2. The molecule has 0 saturated carbocycles. The van der Waals surface area contributed by atoms with Crippen LogP contribution in [0.25, 0.3) is 11.0 Å². The number of hydrogen-bond donors (Lipinski definition) is 1. The molecule has 7 nitrogen and oxygen atoms in total. The summed E-state index contributed by atoms with van der Waals surface area (Å²) in [6, 6.07) is 24.3. The molecule has 0 bridgehead atoms. The maximum absolute atomic E-state index is 13.7. The van der Waals surface area contributed by atoms with Crippen molar-refractivity contribution in [1.29, 1.82) is 0 Å². The monoisotopic (exact) mass is 609 g/mol. The number of benzene rings is 3. The molecule has 0 spiro atoms. The van der Waals surface area contributed by atoms with Crippen molar-refractivity contribution in [3.8, 4) is 5.75 Å². The lowest BCUT2D eigenvalue weighted by Gasteiger charge is -2.22. The van der Waals surface area contributed by atoms with Crippen molar-refractivity contribution >= 4 is 28.6 Å². The van der Waals surface area contributed by atoms with Crippen LogP contribution in [0.5, 0.6) is 5.75 Å². The lowest BCUT2D eigenvalue weighted by atomic mass is 10.1. The smallest absolute Gasteiger partial charge is 0.253 e. The van der Waals surface area contributed by atoms with Crippen LogP contribution in [0.15, 0.2) is 72.8 Å². The van der Waals surface area contributed by atoms with Crippen LogP contribution in [0.3, 0.4) is 0 Å². The van der Waals surface area contributed by atoms with Crippen LogP contribution in [0.1, 0.15) is 87.6 Å². The Hall–Kier alpha value is -3.84. The second-order valence-electron chi connectivity index (χ2n) is 12.3. The van der Waals surface area contributed by atoms with E-state index in [0.717, 1.165) is 97.8 Å². The van der Waals surface area contributed by atoms with E-state index in [1.165, 1.54) is 38.8 Å². The van der Waals surface area contributed by atoms with E-state index in [4.69, 9.17) is 9.72 Å². The fourth-order valence-electron chi connectivity index (χ4n) is 6.12. The zero-order valence-corrected chi connectivity index (χ0v) is 27.3. The van der Waals surface area contributed by atoms with Gasteiger partial charge < -0.3 is 24.4 Å². The van der Waals surface area contributed by atoms with Crippen LogP contribution in [-0.2, 0) is 13.2 Å². The Kier molecular flexibility index (Phi) is 12.3. The molecule has 45 heavy (non-hydrogen) atoms. The first-order valence-corrected chi connectivity index (χ1v) is 17.2. The van der Waals surface area contributed by atoms with Gasteiger partial charge in [-0.05, 0) is 87.6 Å². The van der Waals surface area contributed by atoms with Crippen LogP contribution in [0, 0.1) is 0 Å². The summed E-state index contributed by atoms with van der Waals surface area (Å²) in [4.78, 5) is 23.4. The van der Waals surface area contributed by atoms with Crippen molar-refractivity contribution in [2.45, 2.75) is 84.8 Å². The van der Waals surface area contributed by atoms with E-state index in [1.54, 1.807) is 0 Å². The number of nitrogens with one attached hydrogen (secondary N) is 1. The molecule has 1 aliphatic rings. The number of carbonyl (C=O) groups is 1. The van der Waals surface area contributed by atoms with Crippen LogP contribution in [0.2, 0.25) is 0 Å². The molecule has 0 aliphatic carbocycles. The number of rotatable bonds is 16. The Balaban J connectivity index is 1.39. The van der Waals surface area contributed by atoms with Crippen molar-refractivity contribution in [3.63, 3.8) is 0 Å². The number of aryl methyl sites for hydroxylation is 1. The van der Waals surface area contributed by atoms with Crippen molar-refractivity contribution in [2.24, 2.45) is 0 Å². The molecule has 4 aromatic rings. The minimum Gasteiger partial charge on any atom is -0.489 e. The van der Waals surface area contributed by atoms with Crippen molar-refractivity contribution < 1.29 is 9.53 Å². The number of amides is 1. The predicted octanol–water partition coefficient (Wildman–Crippen LogP) is 8.67. The van der Waals surface area contributed by atoms with Gasteiger partial charge in [-0.3, -0.25) is 4.79 Å². The largest absolute Gasteiger partial charge is 0.489 e. The molecule has 5 rings (SSSR count). The Morgan fingerprint density at radius 3 is 2.33 bits per heavy atom. The molecule has 1 aliphatic heterocycles. The molecule has 7 heteroatoms. The maximum atomic E-state index is 13.7. The Morgan fingerprint density at radius 1 is 0.844 bits per heavy atom. The molecule has 0 radical (unpaired) electrons. The number of nitrogens with zero attached hydrogens (tertiary/aromatic N) is 4. The number of unbranched alkanes of at least 4 members (excludes halogenated alkanes) is 2. The van der Waals surface area contributed by atoms with E-state index < -0.39 is 0 Å². The molecule has 0 unspecified atom stereocenters. The Morgan fingerprint density at radius 2 is 1.60 bits per heavy atom. The Labute approximate surface area is 269 Å². The van der Waals surface area contributed by atoms with Gasteiger partial charge in [0.2, 0.25) is 5.95 Å². The molecular formula is C38H51N5O2. The van der Waals surface area contributed by atoms with Gasteiger partial charge in [0.05, 0.1) is 11.0 Å². The Bertz CT molecular complexity index is 1470. The molecule has 240 valence electrons. The highest BCUT2D eigenvalue weighted by Crippen LogP contribution is 2.27. The number of hydrogen-bond acceptors (Lipinski definition) is 5. The third-order valence-electron chi connectivity index (χ3n) is 8.74. The quantitative estimate of drug-likeness (QED) is 0.138. The number of likely N-dealkylation sites (tertiary alicyclic amines) is 1. The fourth-order valence-corrected chi connectivity index (χ4v) is 6.12. The van der Waals surface area contributed by atoms with E-state index in [-0.39, 0.29) is 5.91 Å². The van der Waals surface area contributed by atoms with Gasteiger partial charge in [-0.25, -0.2) is 4.98 Å². The summed E-state index contributed by atoms with van der Waals surface area (Å²) in [5.74, 6) is 1.72. The van der Waals surface area contributed by atoms with Gasteiger partial charge in [0.1, 0.15) is 12.4 Å². The molecule has 1 aromatic heterocycles. The summed E-state index contributed by atoms with van der Waals surface area (Å²) in [6.07, 6.45) is 10.5. The number of imidazole rings is 1. The molecule has 2 heterocycles. The lowest BCUT2D eigenvalue weighted by Crippen LogP contribution is -2.33. The van der Waals surface area contributed by atoms with Gasteiger partial charge >= 0.3 is 0 Å². The third-order valence-corrected chi connectivity index (χ3v) is 8.74. The first-order chi connectivity index (χ1) is 22.1. The fraction of sp³-hybridized carbons (Fsp3) is 0.474. The number of fused-ring (bicyclic) bond motifs is 1. The van der Waals surface area contributed by atoms with Gasteiger partial charge in [0.15, 0.2) is 0 Å². The van der Waals surface area contributed by atoms with E-state index in [1.807, 2.05) is 59.5 Å². The zero-order chi connectivity index (χ0) is 31.3. The molecule has 1 amide bonds. The summed E-state index contributed by atoms with van der Waals surface area (Å²) >= 11 is 0. The van der Waals surface area contributed by atoms with Crippen LogP contribution in [0.4, 0.5) is 11.6 Å². The number of carbonyl (C=O) groups excluding carboxylic acids is 1. The highest BCUT2D eigenvalue weighted by molar-refractivity contribution is 5.98. The van der Waals surface area contributed by atoms with E-state index in [0.29, 0.717) is 6.61 Å². The highest BCUT2D eigenvalue weighted by Gasteiger charge is 2.19. The first-order valence-electron chi connectivity index (χ1n) is 17.2. The second-order valence-corrected chi connectivity index (χ2v) is 12.3. The molecule has 3 aromatic carbocycles. The predicted molar refractivity (Wildman–Crippen MR) is 185 cm³/mol. The summed E-state index contributed by atoms with van der Waals surface area (Å²) in [7, 11) is 0. The summed E-state index contributed by atoms with van der Waals surface area (Å²) < 4.78 is 8.38. The van der Waals surface area contributed by atoms with Crippen LogP contribution in [-0.4, -0.2) is 58.0 Å².